The van der Waals surface area contributed by atoms with Gasteiger partial charge in [0, 0.05) is 6.04 Å². The van der Waals surface area contributed by atoms with Gasteiger partial charge in [-0.25, -0.2) is 4.39 Å². The van der Waals surface area contributed by atoms with Crippen molar-refractivity contribution in [1.82, 2.24) is 0 Å². The Kier molecular flexibility index (Phi) is 4.21. The highest BCUT2D eigenvalue weighted by molar-refractivity contribution is 5.49. The molecule has 0 bridgehead atoms. The molecule has 0 radical (unpaired) electrons. The van der Waals surface area contributed by atoms with E-state index in [-0.39, 0.29) is 11.3 Å². The number of nitrogens with one attached hydrogen (secondary N) is 1. The molecule has 0 aliphatic carbocycles. The van der Waals surface area contributed by atoms with Crippen molar-refractivity contribution < 1.29 is 17.6 Å². The largest absolute Gasteiger partial charge is 0.416 e. The van der Waals surface area contributed by atoms with Gasteiger partial charge >= 0.3 is 6.18 Å². The quantitative estimate of drug-likeness (QED) is 0.755. The molecule has 21 heavy (non-hydrogen) atoms. The van der Waals surface area contributed by atoms with Gasteiger partial charge in [-0.3, -0.25) is 0 Å². The number of rotatable bonds is 3. The Morgan fingerprint density at radius 3 is 2.38 bits per heavy atom. The van der Waals surface area contributed by atoms with E-state index >= 15 is 0 Å². The second-order valence-corrected chi connectivity index (χ2v) is 4.93. The summed E-state index contributed by atoms with van der Waals surface area (Å²) in [6.45, 7) is 3.37. The molecule has 1 N–H and O–H groups in total. The van der Waals surface area contributed by atoms with Gasteiger partial charge in [-0.15, -0.1) is 0 Å². The topological polar surface area (TPSA) is 12.0 Å². The summed E-state index contributed by atoms with van der Waals surface area (Å²) in [6.07, 6.45) is -4.43. The van der Waals surface area contributed by atoms with E-state index in [1.807, 2.05) is 0 Å². The molecular weight excluding hydrogens is 282 g/mol. The maximum absolute atomic E-state index is 13.7. The molecule has 0 fully saturated rings. The number of hydrogen-bond donors (Lipinski definition) is 1. The van der Waals surface area contributed by atoms with Gasteiger partial charge in [0.25, 0.3) is 0 Å². The molecule has 0 saturated carbocycles. The van der Waals surface area contributed by atoms with Crippen LogP contribution < -0.4 is 5.32 Å². The lowest BCUT2D eigenvalue weighted by atomic mass is 10.0. The van der Waals surface area contributed by atoms with E-state index in [0.29, 0.717) is 0 Å². The first kappa shape index (κ1) is 15.4. The Morgan fingerprint density at radius 2 is 1.71 bits per heavy atom. The second kappa shape index (κ2) is 5.76. The minimum Gasteiger partial charge on any atom is -0.376 e. The Bertz CT molecular complexity index is 634. The summed E-state index contributed by atoms with van der Waals surface area (Å²) in [6, 6.07) is 9.10. The van der Waals surface area contributed by atoms with Crippen LogP contribution in [0.15, 0.2) is 42.5 Å². The molecule has 0 aliphatic rings. The Hall–Kier alpha value is -2.04. The molecule has 5 heteroatoms. The van der Waals surface area contributed by atoms with Gasteiger partial charge in [0.05, 0.1) is 11.3 Å². The van der Waals surface area contributed by atoms with Crippen LogP contribution in [0.2, 0.25) is 0 Å². The van der Waals surface area contributed by atoms with Gasteiger partial charge in [0.2, 0.25) is 0 Å². The van der Waals surface area contributed by atoms with E-state index < -0.39 is 23.6 Å². The van der Waals surface area contributed by atoms with E-state index in [9.17, 15) is 17.6 Å². The molecule has 2 rings (SSSR count). The fourth-order valence-electron chi connectivity index (χ4n) is 2.19. The van der Waals surface area contributed by atoms with Gasteiger partial charge in [0.1, 0.15) is 5.82 Å². The Balaban J connectivity index is 2.33. The molecule has 0 aliphatic heterocycles. The Morgan fingerprint density at radius 1 is 1.05 bits per heavy atom. The molecule has 1 atom stereocenters. The van der Waals surface area contributed by atoms with E-state index in [1.165, 1.54) is 24.3 Å². The summed E-state index contributed by atoms with van der Waals surface area (Å²) in [4.78, 5) is 0. The molecule has 2 aromatic rings. The number of halogens is 4. The highest BCUT2D eigenvalue weighted by Crippen LogP contribution is 2.35. The SMILES string of the molecule is Cc1ccc(F)c(NC(C)c2ccccc2C(F)(F)F)c1. The lowest BCUT2D eigenvalue weighted by molar-refractivity contribution is -0.138. The standard InChI is InChI=1S/C16H15F4N/c1-10-7-8-14(17)15(9-10)21-11(2)12-5-3-4-6-13(12)16(18,19)20/h3-9,11,21H,1-2H3. The number of alkyl halides is 3. The first-order valence-corrected chi connectivity index (χ1v) is 6.48. The Labute approximate surface area is 120 Å². The van der Waals surface area contributed by atoms with Crippen LogP contribution in [-0.2, 0) is 6.18 Å². The van der Waals surface area contributed by atoms with E-state index in [1.54, 1.807) is 26.0 Å². The van der Waals surface area contributed by atoms with Crippen LogP contribution in [0.5, 0.6) is 0 Å². The predicted octanol–water partition coefficient (Wildman–Crippen LogP) is 5.33. The maximum atomic E-state index is 13.7. The first-order valence-electron chi connectivity index (χ1n) is 6.48. The monoisotopic (exact) mass is 297 g/mol. The van der Waals surface area contributed by atoms with Crippen molar-refractivity contribution in [2.75, 3.05) is 5.32 Å². The molecule has 0 heterocycles. The number of benzene rings is 2. The lowest BCUT2D eigenvalue weighted by Crippen LogP contribution is -2.15. The van der Waals surface area contributed by atoms with Gasteiger partial charge in [0.15, 0.2) is 0 Å². The zero-order valence-electron chi connectivity index (χ0n) is 11.6. The lowest BCUT2D eigenvalue weighted by Gasteiger charge is -2.21. The summed E-state index contributed by atoms with van der Waals surface area (Å²) in [5, 5.41) is 2.80. The summed E-state index contributed by atoms with van der Waals surface area (Å²) < 4.78 is 52.7. The number of anilines is 1. The third kappa shape index (κ3) is 3.54. The molecule has 2 aromatic carbocycles. The van der Waals surface area contributed by atoms with Crippen LogP contribution >= 0.6 is 0 Å². The second-order valence-electron chi connectivity index (χ2n) is 4.93. The van der Waals surface area contributed by atoms with Crippen molar-refractivity contribution in [2.24, 2.45) is 0 Å². The van der Waals surface area contributed by atoms with Gasteiger partial charge < -0.3 is 5.32 Å². The van der Waals surface area contributed by atoms with Crippen LogP contribution in [0, 0.1) is 12.7 Å². The summed E-state index contributed by atoms with van der Waals surface area (Å²) >= 11 is 0. The zero-order valence-corrected chi connectivity index (χ0v) is 11.6. The van der Waals surface area contributed by atoms with Crippen molar-refractivity contribution >= 4 is 5.69 Å². The first-order chi connectivity index (χ1) is 9.79. The van der Waals surface area contributed by atoms with Gasteiger partial charge in [-0.1, -0.05) is 24.3 Å². The molecule has 1 unspecified atom stereocenters. The summed E-state index contributed by atoms with van der Waals surface area (Å²) in [7, 11) is 0. The summed E-state index contributed by atoms with van der Waals surface area (Å²) in [5.41, 5.74) is 0.402. The average Bonchev–Trinajstić information content (AvgIpc) is 2.42. The fourth-order valence-corrected chi connectivity index (χ4v) is 2.19. The molecule has 0 amide bonds. The minimum absolute atomic E-state index is 0.0888. The smallest absolute Gasteiger partial charge is 0.376 e. The molecule has 0 spiro atoms. The van der Waals surface area contributed by atoms with Crippen molar-refractivity contribution in [3.8, 4) is 0 Å². The highest BCUT2D eigenvalue weighted by Gasteiger charge is 2.34. The van der Waals surface area contributed by atoms with E-state index in [4.69, 9.17) is 0 Å². The van der Waals surface area contributed by atoms with Crippen LogP contribution in [0.1, 0.15) is 29.7 Å². The molecular formula is C16H15F4N. The fraction of sp³-hybridized carbons (Fsp3) is 0.250. The van der Waals surface area contributed by atoms with Crippen molar-refractivity contribution in [3.63, 3.8) is 0 Å². The van der Waals surface area contributed by atoms with Crippen molar-refractivity contribution in [3.05, 3.63) is 65.0 Å². The zero-order chi connectivity index (χ0) is 15.6. The van der Waals surface area contributed by atoms with Gasteiger partial charge in [-0.05, 0) is 43.2 Å². The van der Waals surface area contributed by atoms with Crippen LogP contribution in [0.4, 0.5) is 23.2 Å². The third-order valence-corrected chi connectivity index (χ3v) is 3.23. The highest BCUT2D eigenvalue weighted by atomic mass is 19.4. The normalized spacial score (nSPS) is 13.0. The molecule has 112 valence electrons. The van der Waals surface area contributed by atoms with Crippen LogP contribution in [-0.4, -0.2) is 0 Å². The molecule has 0 aromatic heterocycles. The average molecular weight is 297 g/mol. The van der Waals surface area contributed by atoms with Crippen molar-refractivity contribution in [1.29, 1.82) is 0 Å². The number of aryl methyl sites for hydroxylation is 1. The van der Waals surface area contributed by atoms with Crippen LogP contribution in [0.25, 0.3) is 0 Å². The maximum Gasteiger partial charge on any atom is 0.416 e. The van der Waals surface area contributed by atoms with Crippen LogP contribution in [0.3, 0.4) is 0 Å². The van der Waals surface area contributed by atoms with E-state index in [0.717, 1.165) is 11.6 Å². The van der Waals surface area contributed by atoms with Gasteiger partial charge in [-0.2, -0.15) is 13.2 Å². The summed E-state index contributed by atoms with van der Waals surface area (Å²) in [5.74, 6) is -0.489. The molecule has 0 saturated heterocycles. The van der Waals surface area contributed by atoms with Crippen molar-refractivity contribution in [2.45, 2.75) is 26.1 Å². The molecule has 1 nitrogen and oxygen atoms in total. The third-order valence-electron chi connectivity index (χ3n) is 3.23. The minimum atomic E-state index is -4.43. The van der Waals surface area contributed by atoms with E-state index in [2.05, 4.69) is 5.32 Å². The predicted molar refractivity (Wildman–Crippen MR) is 74.6 cm³/mol. The number of hydrogen-bond acceptors (Lipinski definition) is 1.